The van der Waals surface area contributed by atoms with Gasteiger partial charge in [-0.1, -0.05) is 35.9 Å². The van der Waals surface area contributed by atoms with Gasteiger partial charge in [-0.15, -0.1) is 0 Å². The molecule has 0 amide bonds. The third-order valence-corrected chi connectivity index (χ3v) is 3.73. The van der Waals surface area contributed by atoms with Crippen molar-refractivity contribution in [2.24, 2.45) is 0 Å². The number of hydrogen-bond donors (Lipinski definition) is 1. The minimum absolute atomic E-state index is 0.0333. The van der Waals surface area contributed by atoms with Crippen molar-refractivity contribution in [1.82, 2.24) is 10.2 Å². The molecule has 2 aromatic carbocycles. The molecule has 0 aliphatic heterocycles. The maximum absolute atomic E-state index is 12.0. The summed E-state index contributed by atoms with van der Waals surface area (Å²) in [6.45, 7) is 0.318. The zero-order valence-electron chi connectivity index (χ0n) is 13.2. The fourth-order valence-corrected chi connectivity index (χ4v) is 2.55. The van der Waals surface area contributed by atoms with Gasteiger partial charge in [0.2, 0.25) is 0 Å². The monoisotopic (exact) mass is 358 g/mol. The lowest BCUT2D eigenvalue weighted by molar-refractivity contribution is -0.143. The number of aromatic nitrogens is 2. The fourth-order valence-electron chi connectivity index (χ4n) is 2.37. The van der Waals surface area contributed by atoms with E-state index in [1.165, 1.54) is 0 Å². The van der Waals surface area contributed by atoms with Gasteiger partial charge in [-0.3, -0.25) is 9.59 Å². The first-order chi connectivity index (χ1) is 12.1. The molecule has 0 radical (unpaired) electrons. The molecule has 0 aliphatic rings. The number of carbonyl (C=O) groups excluding carboxylic acids is 1. The summed E-state index contributed by atoms with van der Waals surface area (Å²) in [6, 6.07) is 14.0. The number of aromatic amines is 1. The molecule has 0 saturated carbocycles. The predicted octanol–water partition coefficient (Wildman–Crippen LogP) is 2.74. The standard InChI is InChI=1S/C18H15ClN2O4/c19-12-4-3-5-13(10-12)24-8-9-25-17(22)11-16-14-6-1-2-7-15(14)18(23)21-20-16/h1-7,10H,8-9,11H2,(H,21,23). The molecule has 1 aromatic heterocycles. The summed E-state index contributed by atoms with van der Waals surface area (Å²) in [5.74, 6) is 0.163. The molecule has 0 aliphatic carbocycles. The lowest BCUT2D eigenvalue weighted by atomic mass is 10.1. The van der Waals surface area contributed by atoms with Crippen LogP contribution in [0.2, 0.25) is 5.02 Å². The van der Waals surface area contributed by atoms with Gasteiger partial charge in [0.05, 0.1) is 17.5 Å². The van der Waals surface area contributed by atoms with E-state index in [9.17, 15) is 9.59 Å². The summed E-state index contributed by atoms with van der Waals surface area (Å²) >= 11 is 5.86. The smallest absolute Gasteiger partial charge is 0.312 e. The van der Waals surface area contributed by atoms with Crippen molar-refractivity contribution < 1.29 is 14.3 Å². The van der Waals surface area contributed by atoms with Crippen LogP contribution < -0.4 is 10.3 Å². The van der Waals surface area contributed by atoms with Gasteiger partial charge in [0.1, 0.15) is 19.0 Å². The van der Waals surface area contributed by atoms with Gasteiger partial charge in [-0.05, 0) is 24.3 Å². The molecule has 1 heterocycles. The molecule has 25 heavy (non-hydrogen) atoms. The number of halogens is 1. The van der Waals surface area contributed by atoms with Gasteiger partial charge >= 0.3 is 5.97 Å². The van der Waals surface area contributed by atoms with Crippen LogP contribution in [0.3, 0.4) is 0 Å². The summed E-state index contributed by atoms with van der Waals surface area (Å²) in [5, 5.41) is 8.04. The van der Waals surface area contributed by atoms with E-state index >= 15 is 0 Å². The molecule has 0 bridgehead atoms. The highest BCUT2D eigenvalue weighted by Crippen LogP contribution is 2.17. The van der Waals surface area contributed by atoms with Crippen molar-refractivity contribution in [2.45, 2.75) is 6.42 Å². The van der Waals surface area contributed by atoms with Crippen LogP contribution in [0.15, 0.2) is 53.3 Å². The van der Waals surface area contributed by atoms with Crippen LogP contribution >= 0.6 is 11.6 Å². The molecular formula is C18H15ClN2O4. The number of fused-ring (bicyclic) bond motifs is 1. The van der Waals surface area contributed by atoms with Crippen molar-refractivity contribution in [3.63, 3.8) is 0 Å². The van der Waals surface area contributed by atoms with E-state index in [-0.39, 0.29) is 25.2 Å². The van der Waals surface area contributed by atoms with Crippen molar-refractivity contribution in [3.8, 4) is 5.75 Å². The minimum atomic E-state index is -0.445. The van der Waals surface area contributed by atoms with Crippen LogP contribution in [0.4, 0.5) is 0 Å². The van der Waals surface area contributed by atoms with Gasteiger partial charge < -0.3 is 9.47 Å². The average molecular weight is 359 g/mol. The normalized spacial score (nSPS) is 10.6. The minimum Gasteiger partial charge on any atom is -0.490 e. The Morgan fingerprint density at radius 1 is 1.08 bits per heavy atom. The molecule has 0 saturated heterocycles. The molecule has 0 fully saturated rings. The van der Waals surface area contributed by atoms with Crippen molar-refractivity contribution in [1.29, 1.82) is 0 Å². The Morgan fingerprint density at radius 2 is 1.88 bits per heavy atom. The van der Waals surface area contributed by atoms with Crippen LogP contribution in [0.25, 0.3) is 10.8 Å². The molecule has 0 atom stereocenters. The number of esters is 1. The van der Waals surface area contributed by atoms with Crippen molar-refractivity contribution in [3.05, 3.63) is 69.6 Å². The van der Waals surface area contributed by atoms with Gasteiger partial charge in [-0.25, -0.2) is 5.10 Å². The van der Waals surface area contributed by atoms with E-state index in [0.29, 0.717) is 27.2 Å². The highest BCUT2D eigenvalue weighted by molar-refractivity contribution is 6.30. The summed E-state index contributed by atoms with van der Waals surface area (Å²) < 4.78 is 10.6. The van der Waals surface area contributed by atoms with Gasteiger partial charge in [0, 0.05) is 10.4 Å². The zero-order chi connectivity index (χ0) is 17.6. The largest absolute Gasteiger partial charge is 0.490 e. The number of H-pyrrole nitrogens is 1. The van der Waals surface area contributed by atoms with E-state index in [2.05, 4.69) is 10.2 Å². The second-order valence-corrected chi connectivity index (χ2v) is 5.68. The second kappa shape index (κ2) is 7.81. The van der Waals surface area contributed by atoms with Crippen LogP contribution in [-0.2, 0) is 16.0 Å². The van der Waals surface area contributed by atoms with E-state index in [0.717, 1.165) is 0 Å². The quantitative estimate of drug-likeness (QED) is 0.541. The Bertz CT molecular complexity index is 955. The molecule has 3 aromatic rings. The number of benzene rings is 2. The van der Waals surface area contributed by atoms with E-state index in [1.807, 2.05) is 0 Å². The predicted molar refractivity (Wildman–Crippen MR) is 94.0 cm³/mol. The van der Waals surface area contributed by atoms with E-state index in [4.69, 9.17) is 21.1 Å². The highest BCUT2D eigenvalue weighted by atomic mass is 35.5. The third-order valence-electron chi connectivity index (χ3n) is 3.50. The SMILES string of the molecule is O=C(Cc1n[nH]c(=O)c2ccccc12)OCCOc1cccc(Cl)c1. The fraction of sp³-hybridized carbons (Fsp3) is 0.167. The molecule has 3 rings (SSSR count). The first-order valence-electron chi connectivity index (χ1n) is 7.64. The van der Waals surface area contributed by atoms with Crippen LogP contribution in [0.1, 0.15) is 5.69 Å². The van der Waals surface area contributed by atoms with Crippen LogP contribution in [-0.4, -0.2) is 29.4 Å². The number of nitrogens with zero attached hydrogens (tertiary/aromatic N) is 1. The highest BCUT2D eigenvalue weighted by Gasteiger charge is 2.11. The maximum Gasteiger partial charge on any atom is 0.312 e. The number of carbonyl (C=O) groups is 1. The molecule has 128 valence electrons. The molecule has 0 unspecified atom stereocenters. The van der Waals surface area contributed by atoms with Gasteiger partial charge in [-0.2, -0.15) is 5.10 Å². The topological polar surface area (TPSA) is 81.3 Å². The van der Waals surface area contributed by atoms with Crippen LogP contribution in [0, 0.1) is 0 Å². The molecule has 1 N–H and O–H groups in total. The lowest BCUT2D eigenvalue weighted by Crippen LogP contribution is -2.17. The Labute approximate surface area is 148 Å². The number of hydrogen-bond acceptors (Lipinski definition) is 5. The van der Waals surface area contributed by atoms with Crippen molar-refractivity contribution in [2.75, 3.05) is 13.2 Å². The van der Waals surface area contributed by atoms with E-state index in [1.54, 1.807) is 48.5 Å². The summed E-state index contributed by atoms with van der Waals surface area (Å²) in [5.41, 5.74) is 0.179. The average Bonchev–Trinajstić information content (AvgIpc) is 2.61. The van der Waals surface area contributed by atoms with Gasteiger partial charge in [0.25, 0.3) is 5.56 Å². The zero-order valence-corrected chi connectivity index (χ0v) is 14.0. The summed E-state index contributed by atoms with van der Waals surface area (Å²) in [4.78, 5) is 23.7. The molecule has 6 nitrogen and oxygen atoms in total. The molecule has 7 heteroatoms. The number of rotatable bonds is 6. The lowest BCUT2D eigenvalue weighted by Gasteiger charge is -2.08. The number of nitrogens with one attached hydrogen (secondary N) is 1. The Hall–Kier alpha value is -2.86. The Balaban J connectivity index is 1.55. The third kappa shape index (κ3) is 4.36. The molecule has 0 spiro atoms. The van der Waals surface area contributed by atoms with Crippen LogP contribution in [0.5, 0.6) is 5.75 Å². The molecular weight excluding hydrogens is 344 g/mol. The summed E-state index contributed by atoms with van der Waals surface area (Å²) in [7, 11) is 0. The van der Waals surface area contributed by atoms with Crippen molar-refractivity contribution >= 4 is 28.3 Å². The summed E-state index contributed by atoms with van der Waals surface area (Å²) in [6.07, 6.45) is -0.0333. The Morgan fingerprint density at radius 3 is 2.68 bits per heavy atom. The van der Waals surface area contributed by atoms with Gasteiger partial charge in [0.15, 0.2) is 0 Å². The number of ether oxygens (including phenoxy) is 2. The second-order valence-electron chi connectivity index (χ2n) is 5.25. The maximum atomic E-state index is 12.0. The Kier molecular flexibility index (Phi) is 5.30. The first kappa shape index (κ1) is 17.0. The first-order valence-corrected chi connectivity index (χ1v) is 8.01. The van der Waals surface area contributed by atoms with E-state index < -0.39 is 5.97 Å².